The van der Waals surface area contributed by atoms with Gasteiger partial charge < -0.3 is 10.2 Å². The third-order valence-electron chi connectivity index (χ3n) is 3.52. The lowest BCUT2D eigenvalue weighted by atomic mass is 10.2. The molecule has 2 aromatic rings. The lowest BCUT2D eigenvalue weighted by Gasteiger charge is -2.19. The van der Waals surface area contributed by atoms with Crippen LogP contribution in [0.4, 0.5) is 14.5 Å². The average Bonchev–Trinajstić information content (AvgIpc) is 3.09. The van der Waals surface area contributed by atoms with Crippen LogP contribution in [0.2, 0.25) is 0 Å². The molecule has 0 bridgehead atoms. The number of carbonyl (C=O) groups excluding carboxylic acids is 1. The molecule has 1 aromatic heterocycles. The average molecular weight is 292 g/mol. The number of nitrogens with one attached hydrogen (secondary N) is 2. The van der Waals surface area contributed by atoms with Crippen LogP contribution in [0.3, 0.4) is 0 Å². The highest BCUT2D eigenvalue weighted by molar-refractivity contribution is 5.92. The zero-order valence-corrected chi connectivity index (χ0v) is 11.1. The van der Waals surface area contributed by atoms with Gasteiger partial charge in [-0.3, -0.25) is 9.89 Å². The van der Waals surface area contributed by atoms with E-state index in [1.807, 2.05) is 0 Å². The van der Waals surface area contributed by atoms with Crippen molar-refractivity contribution >= 4 is 11.6 Å². The molecule has 3 rings (SSSR count). The molecule has 1 atom stereocenters. The number of carbonyl (C=O) groups is 1. The van der Waals surface area contributed by atoms with Crippen molar-refractivity contribution in [3.63, 3.8) is 0 Å². The minimum absolute atomic E-state index is 0.0785. The van der Waals surface area contributed by atoms with E-state index in [2.05, 4.69) is 15.5 Å². The van der Waals surface area contributed by atoms with Crippen LogP contribution < -0.4 is 10.2 Å². The number of hydrogen-bond donors (Lipinski definition) is 2. The minimum atomic E-state index is -0.598. The van der Waals surface area contributed by atoms with Crippen molar-refractivity contribution in [2.24, 2.45) is 0 Å². The zero-order valence-electron chi connectivity index (χ0n) is 11.1. The van der Waals surface area contributed by atoms with Gasteiger partial charge in [0.1, 0.15) is 17.3 Å². The SMILES string of the molecule is O=C(NC1CCN(c2ccc(F)cc2F)C1)c1ccn[nH]1. The molecule has 110 valence electrons. The molecule has 7 heteroatoms. The van der Waals surface area contributed by atoms with Crippen molar-refractivity contribution in [3.05, 3.63) is 47.8 Å². The molecule has 1 aliphatic rings. The van der Waals surface area contributed by atoms with E-state index >= 15 is 0 Å². The molecule has 1 unspecified atom stereocenters. The van der Waals surface area contributed by atoms with Crippen LogP contribution in [0.25, 0.3) is 0 Å². The Bertz CT molecular complexity index is 644. The molecular formula is C14H14F2N4O. The highest BCUT2D eigenvalue weighted by Gasteiger charge is 2.26. The van der Waals surface area contributed by atoms with E-state index in [1.54, 1.807) is 11.0 Å². The first-order valence-corrected chi connectivity index (χ1v) is 6.64. The Balaban J connectivity index is 1.64. The summed E-state index contributed by atoms with van der Waals surface area (Å²) in [5.41, 5.74) is 0.746. The number of nitrogens with zero attached hydrogens (tertiary/aromatic N) is 2. The van der Waals surface area contributed by atoms with Crippen molar-refractivity contribution in [3.8, 4) is 0 Å². The molecule has 1 aromatic carbocycles. The summed E-state index contributed by atoms with van der Waals surface area (Å²) in [4.78, 5) is 13.7. The van der Waals surface area contributed by atoms with E-state index < -0.39 is 11.6 Å². The topological polar surface area (TPSA) is 61.0 Å². The maximum Gasteiger partial charge on any atom is 0.269 e. The van der Waals surface area contributed by atoms with E-state index in [9.17, 15) is 13.6 Å². The Kier molecular flexibility index (Phi) is 3.55. The van der Waals surface area contributed by atoms with Crippen LogP contribution in [-0.4, -0.2) is 35.2 Å². The van der Waals surface area contributed by atoms with Gasteiger partial charge in [-0.2, -0.15) is 5.10 Å². The molecule has 0 saturated carbocycles. The summed E-state index contributed by atoms with van der Waals surface area (Å²) in [5.74, 6) is -1.42. The Morgan fingerprint density at radius 2 is 2.24 bits per heavy atom. The predicted octanol–water partition coefficient (Wildman–Crippen LogP) is 1.70. The number of halogens is 2. The molecular weight excluding hydrogens is 278 g/mol. The molecule has 21 heavy (non-hydrogen) atoms. The summed E-state index contributed by atoms with van der Waals surface area (Å²) in [5, 5.41) is 9.17. The number of benzene rings is 1. The van der Waals surface area contributed by atoms with E-state index in [4.69, 9.17) is 0 Å². The van der Waals surface area contributed by atoms with Crippen molar-refractivity contribution in [2.75, 3.05) is 18.0 Å². The highest BCUT2D eigenvalue weighted by atomic mass is 19.1. The van der Waals surface area contributed by atoms with Crippen LogP contribution >= 0.6 is 0 Å². The van der Waals surface area contributed by atoms with Crippen molar-refractivity contribution in [1.29, 1.82) is 0 Å². The Hall–Kier alpha value is -2.44. The van der Waals surface area contributed by atoms with Gasteiger partial charge >= 0.3 is 0 Å². The maximum atomic E-state index is 13.7. The molecule has 0 radical (unpaired) electrons. The molecule has 1 fully saturated rings. The standard InChI is InChI=1S/C14H14F2N4O/c15-9-1-2-13(11(16)7-9)20-6-4-10(8-20)18-14(21)12-3-5-17-19-12/h1-3,5,7,10H,4,6,8H2,(H,17,19)(H,18,21). The quantitative estimate of drug-likeness (QED) is 0.905. The fourth-order valence-electron chi connectivity index (χ4n) is 2.48. The van der Waals surface area contributed by atoms with Gasteiger partial charge in [-0.25, -0.2) is 8.78 Å². The number of H-pyrrole nitrogens is 1. The second-order valence-electron chi connectivity index (χ2n) is 4.97. The van der Waals surface area contributed by atoms with Crippen LogP contribution in [0.15, 0.2) is 30.5 Å². The van der Waals surface area contributed by atoms with Gasteiger partial charge in [0.2, 0.25) is 0 Å². The molecule has 5 nitrogen and oxygen atoms in total. The Morgan fingerprint density at radius 1 is 1.38 bits per heavy atom. The monoisotopic (exact) mass is 292 g/mol. The normalized spacial score (nSPS) is 18.0. The number of aromatic amines is 1. The summed E-state index contributed by atoms with van der Waals surface area (Å²) in [7, 11) is 0. The van der Waals surface area contributed by atoms with Gasteiger partial charge in [-0.05, 0) is 24.6 Å². The van der Waals surface area contributed by atoms with E-state index in [1.165, 1.54) is 18.3 Å². The van der Waals surface area contributed by atoms with Gasteiger partial charge in [0.15, 0.2) is 0 Å². The number of rotatable bonds is 3. The molecule has 2 N–H and O–H groups in total. The van der Waals surface area contributed by atoms with Crippen LogP contribution in [0.5, 0.6) is 0 Å². The van der Waals surface area contributed by atoms with Crippen LogP contribution in [0, 0.1) is 11.6 Å². The summed E-state index contributed by atoms with van der Waals surface area (Å²) >= 11 is 0. The van der Waals surface area contributed by atoms with Crippen molar-refractivity contribution in [2.45, 2.75) is 12.5 Å². The Morgan fingerprint density at radius 3 is 2.95 bits per heavy atom. The van der Waals surface area contributed by atoms with Crippen molar-refractivity contribution in [1.82, 2.24) is 15.5 Å². The molecule has 0 spiro atoms. The van der Waals surface area contributed by atoms with E-state index in [0.717, 1.165) is 6.07 Å². The molecule has 2 heterocycles. The van der Waals surface area contributed by atoms with Gasteiger partial charge in [0, 0.05) is 31.4 Å². The molecule has 1 amide bonds. The summed E-state index contributed by atoms with van der Waals surface area (Å²) in [6.45, 7) is 1.10. The van der Waals surface area contributed by atoms with E-state index in [0.29, 0.717) is 30.9 Å². The lowest BCUT2D eigenvalue weighted by molar-refractivity contribution is 0.0935. The summed E-state index contributed by atoms with van der Waals surface area (Å²) in [6, 6.07) is 5.02. The Labute approximate surface area is 120 Å². The molecule has 0 aliphatic carbocycles. The zero-order chi connectivity index (χ0) is 14.8. The molecule has 1 saturated heterocycles. The smallest absolute Gasteiger partial charge is 0.269 e. The highest BCUT2D eigenvalue weighted by Crippen LogP contribution is 2.24. The third-order valence-corrected chi connectivity index (χ3v) is 3.52. The first-order chi connectivity index (χ1) is 10.1. The fraction of sp³-hybridized carbons (Fsp3) is 0.286. The second-order valence-corrected chi connectivity index (χ2v) is 4.97. The number of anilines is 1. The first-order valence-electron chi connectivity index (χ1n) is 6.64. The van der Waals surface area contributed by atoms with Crippen LogP contribution in [0.1, 0.15) is 16.9 Å². The second kappa shape index (κ2) is 5.51. The van der Waals surface area contributed by atoms with Gasteiger partial charge in [-0.1, -0.05) is 0 Å². The summed E-state index contributed by atoms with van der Waals surface area (Å²) in [6.07, 6.45) is 2.21. The predicted molar refractivity (Wildman–Crippen MR) is 73.0 cm³/mol. The third kappa shape index (κ3) is 2.86. The summed E-state index contributed by atoms with van der Waals surface area (Å²) < 4.78 is 26.6. The lowest BCUT2D eigenvalue weighted by Crippen LogP contribution is -2.37. The minimum Gasteiger partial charge on any atom is -0.367 e. The van der Waals surface area contributed by atoms with Crippen LogP contribution in [-0.2, 0) is 0 Å². The number of hydrogen-bond acceptors (Lipinski definition) is 3. The first kappa shape index (κ1) is 13.5. The largest absolute Gasteiger partial charge is 0.367 e. The van der Waals surface area contributed by atoms with Gasteiger partial charge in [-0.15, -0.1) is 0 Å². The van der Waals surface area contributed by atoms with Gasteiger partial charge in [0.25, 0.3) is 5.91 Å². The van der Waals surface area contributed by atoms with Gasteiger partial charge in [0.05, 0.1) is 5.69 Å². The number of aromatic nitrogens is 2. The van der Waals surface area contributed by atoms with E-state index in [-0.39, 0.29) is 11.9 Å². The fourth-order valence-corrected chi connectivity index (χ4v) is 2.48. The number of amides is 1. The van der Waals surface area contributed by atoms with Crippen molar-refractivity contribution < 1.29 is 13.6 Å². The maximum absolute atomic E-state index is 13.7. The molecule has 1 aliphatic heterocycles.